The molecular weight excluding hydrogens is 512 g/mol. The predicted molar refractivity (Wildman–Crippen MR) is 140 cm³/mol. The Morgan fingerprint density at radius 3 is 2.31 bits per heavy atom. The van der Waals surface area contributed by atoms with Crippen molar-refractivity contribution in [2.75, 3.05) is 23.0 Å². The Labute approximate surface area is 214 Å². The first-order valence-corrected chi connectivity index (χ1v) is 12.6. The molecule has 2 heterocycles. The molecule has 0 atom stereocenters. The maximum absolute atomic E-state index is 13.0. The molecule has 2 saturated carbocycles. The number of carbonyl (C=O) groups is 2. The summed E-state index contributed by atoms with van der Waals surface area (Å²) in [4.78, 5) is 34.1. The van der Waals surface area contributed by atoms with Gasteiger partial charge in [0.2, 0.25) is 0 Å². The molecule has 188 valence electrons. The molecule has 0 aromatic carbocycles. The van der Waals surface area contributed by atoms with Crippen LogP contribution in [0.5, 0.6) is 0 Å². The number of nitrogens with one attached hydrogen (secondary N) is 4. The summed E-state index contributed by atoms with van der Waals surface area (Å²) in [6.07, 6.45) is 3.47. The van der Waals surface area contributed by atoms with Crippen LogP contribution in [0.1, 0.15) is 62.5 Å². The fraction of sp³-hybridized carbons (Fsp3) is 0.520. The van der Waals surface area contributed by atoms with E-state index in [1.807, 2.05) is 33.8 Å². The molecule has 10 heteroatoms. The number of rotatable bonds is 6. The Hall–Kier alpha value is -2.88. The lowest BCUT2D eigenvalue weighted by molar-refractivity contribution is -0.0179. The molecule has 35 heavy (non-hydrogen) atoms. The summed E-state index contributed by atoms with van der Waals surface area (Å²) >= 11 is 3.43. The van der Waals surface area contributed by atoms with E-state index in [1.54, 1.807) is 25.2 Å². The molecule has 2 aromatic rings. The summed E-state index contributed by atoms with van der Waals surface area (Å²) in [7, 11) is 1.80. The molecule has 0 bridgehead atoms. The highest BCUT2D eigenvalue weighted by Crippen LogP contribution is 2.56. The van der Waals surface area contributed by atoms with E-state index in [-0.39, 0.29) is 29.5 Å². The van der Waals surface area contributed by atoms with E-state index in [1.165, 1.54) is 0 Å². The number of hydrogen-bond acceptors (Lipinski definition) is 7. The van der Waals surface area contributed by atoms with Gasteiger partial charge >= 0.3 is 6.09 Å². The van der Waals surface area contributed by atoms with E-state index >= 15 is 0 Å². The molecule has 0 saturated heterocycles. The van der Waals surface area contributed by atoms with Crippen LogP contribution in [0.25, 0.3) is 0 Å². The molecule has 2 aliphatic rings. The predicted octanol–water partition coefficient (Wildman–Crippen LogP) is 5.09. The first kappa shape index (κ1) is 25.2. The number of nitrogens with zero attached hydrogens (tertiary/aromatic N) is 2. The normalized spacial score (nSPS) is 23.0. The first-order valence-electron chi connectivity index (χ1n) is 11.8. The van der Waals surface area contributed by atoms with E-state index < -0.39 is 5.60 Å². The van der Waals surface area contributed by atoms with Crippen LogP contribution in [0, 0.1) is 12.3 Å². The molecule has 0 radical (unpaired) electrons. The van der Waals surface area contributed by atoms with Gasteiger partial charge in [0.15, 0.2) is 0 Å². The summed E-state index contributed by atoms with van der Waals surface area (Å²) < 4.78 is 6.24. The quantitative estimate of drug-likeness (QED) is 0.400. The second-order valence-electron chi connectivity index (χ2n) is 10.6. The second-order valence-corrected chi connectivity index (χ2v) is 11.4. The van der Waals surface area contributed by atoms with Crippen LogP contribution < -0.4 is 21.3 Å². The van der Waals surface area contributed by atoms with Gasteiger partial charge in [-0.25, -0.2) is 14.8 Å². The molecule has 0 aliphatic heterocycles. The van der Waals surface area contributed by atoms with Crippen molar-refractivity contribution in [1.29, 1.82) is 0 Å². The van der Waals surface area contributed by atoms with E-state index in [4.69, 9.17) is 4.74 Å². The number of alkyl carbamates (subject to hydrolysis) is 1. The van der Waals surface area contributed by atoms with Crippen LogP contribution in [-0.4, -0.2) is 46.7 Å². The Balaban J connectivity index is 1.35. The maximum atomic E-state index is 13.0. The maximum Gasteiger partial charge on any atom is 0.407 e. The lowest BCUT2D eigenvalue weighted by Crippen LogP contribution is -2.59. The van der Waals surface area contributed by atoms with Gasteiger partial charge in [-0.2, -0.15) is 0 Å². The van der Waals surface area contributed by atoms with Crippen LogP contribution in [0.4, 0.5) is 22.2 Å². The van der Waals surface area contributed by atoms with Crippen molar-refractivity contribution in [3.05, 3.63) is 40.0 Å². The van der Waals surface area contributed by atoms with Crippen molar-refractivity contribution in [2.24, 2.45) is 5.41 Å². The van der Waals surface area contributed by atoms with Crippen molar-refractivity contribution in [3.8, 4) is 0 Å². The number of anilines is 3. The van der Waals surface area contributed by atoms with Crippen LogP contribution in [0.3, 0.4) is 0 Å². The molecule has 2 fully saturated rings. The van der Waals surface area contributed by atoms with Gasteiger partial charge in [0.25, 0.3) is 5.91 Å². The van der Waals surface area contributed by atoms with E-state index in [9.17, 15) is 9.59 Å². The van der Waals surface area contributed by atoms with Crippen molar-refractivity contribution in [2.45, 2.75) is 71.1 Å². The Morgan fingerprint density at radius 2 is 1.69 bits per heavy atom. The van der Waals surface area contributed by atoms with Crippen LogP contribution in [-0.2, 0) is 4.74 Å². The zero-order valence-electron chi connectivity index (χ0n) is 20.8. The van der Waals surface area contributed by atoms with Crippen molar-refractivity contribution >= 4 is 45.4 Å². The average Bonchev–Trinajstić information content (AvgIpc) is 2.71. The molecule has 2 amide bonds. The molecular formula is C25H33BrN6O3. The van der Waals surface area contributed by atoms with Gasteiger partial charge in [0.1, 0.15) is 23.1 Å². The van der Waals surface area contributed by atoms with Gasteiger partial charge in [0.05, 0.1) is 11.3 Å². The molecule has 2 aliphatic carbocycles. The average molecular weight is 545 g/mol. The minimum atomic E-state index is -0.498. The van der Waals surface area contributed by atoms with Gasteiger partial charge in [0, 0.05) is 23.6 Å². The lowest BCUT2D eigenvalue weighted by Gasteiger charge is -2.57. The zero-order chi connectivity index (χ0) is 25.4. The number of ether oxygens (including phenoxy) is 1. The summed E-state index contributed by atoms with van der Waals surface area (Å²) in [5.41, 5.74) is 0.997. The topological polar surface area (TPSA) is 117 Å². The van der Waals surface area contributed by atoms with Crippen LogP contribution >= 0.6 is 15.9 Å². The fourth-order valence-corrected chi connectivity index (χ4v) is 5.09. The Bertz CT molecular complexity index is 1120. The highest BCUT2D eigenvalue weighted by molar-refractivity contribution is 9.10. The third-order valence-corrected chi connectivity index (χ3v) is 7.28. The standard InChI is InChI=1S/C25H33BrN6O3/c1-14-18(26)7-9-20(28-14)32-22(33)17-6-8-19(27-5)31-21(17)29-15-10-25(11-15)12-16(13-25)30-23(34)35-24(2,3)4/h6-9,15-16H,10-13H2,1-5H3,(H,30,34)(H2,27,29,31)(H,28,32,33). The van der Waals surface area contributed by atoms with Crippen LogP contribution in [0.15, 0.2) is 28.7 Å². The molecule has 4 N–H and O–H groups in total. The number of hydrogen-bond donors (Lipinski definition) is 4. The number of pyridine rings is 2. The summed E-state index contributed by atoms with van der Waals surface area (Å²) in [5.74, 6) is 1.45. The number of aryl methyl sites for hydroxylation is 1. The summed E-state index contributed by atoms with van der Waals surface area (Å²) in [5, 5.41) is 12.3. The Morgan fingerprint density at radius 1 is 1.03 bits per heavy atom. The zero-order valence-corrected chi connectivity index (χ0v) is 22.4. The summed E-state index contributed by atoms with van der Waals surface area (Å²) in [6, 6.07) is 7.53. The molecule has 1 spiro atoms. The van der Waals surface area contributed by atoms with E-state index in [2.05, 4.69) is 47.2 Å². The first-order chi connectivity index (χ1) is 16.4. The van der Waals surface area contributed by atoms with E-state index in [0.717, 1.165) is 35.8 Å². The summed E-state index contributed by atoms with van der Waals surface area (Å²) in [6.45, 7) is 7.45. The molecule has 2 aromatic heterocycles. The molecule has 0 unspecified atom stereocenters. The lowest BCUT2D eigenvalue weighted by atomic mass is 9.52. The smallest absolute Gasteiger partial charge is 0.407 e. The third kappa shape index (κ3) is 6.04. The van der Waals surface area contributed by atoms with Crippen molar-refractivity contribution in [3.63, 3.8) is 0 Å². The van der Waals surface area contributed by atoms with Gasteiger partial charge in [-0.05, 0) is 99.0 Å². The minimum Gasteiger partial charge on any atom is -0.444 e. The highest BCUT2D eigenvalue weighted by Gasteiger charge is 2.53. The number of halogens is 1. The van der Waals surface area contributed by atoms with Gasteiger partial charge < -0.3 is 26.0 Å². The van der Waals surface area contributed by atoms with Crippen molar-refractivity contribution in [1.82, 2.24) is 15.3 Å². The third-order valence-electron chi connectivity index (χ3n) is 6.44. The van der Waals surface area contributed by atoms with Gasteiger partial charge in [-0.1, -0.05) is 0 Å². The van der Waals surface area contributed by atoms with Crippen molar-refractivity contribution < 1.29 is 14.3 Å². The molecule has 9 nitrogen and oxygen atoms in total. The van der Waals surface area contributed by atoms with Gasteiger partial charge in [-0.3, -0.25) is 4.79 Å². The van der Waals surface area contributed by atoms with E-state index in [0.29, 0.717) is 23.0 Å². The van der Waals surface area contributed by atoms with Crippen LogP contribution in [0.2, 0.25) is 0 Å². The Kier molecular flexibility index (Phi) is 6.95. The second kappa shape index (κ2) is 9.64. The number of carbonyl (C=O) groups excluding carboxylic acids is 2. The minimum absolute atomic E-state index is 0.153. The number of aromatic nitrogens is 2. The fourth-order valence-electron chi connectivity index (χ4n) is 4.87. The monoisotopic (exact) mass is 544 g/mol. The number of amides is 2. The largest absolute Gasteiger partial charge is 0.444 e. The molecule has 4 rings (SSSR count). The highest BCUT2D eigenvalue weighted by atomic mass is 79.9. The van der Waals surface area contributed by atoms with Gasteiger partial charge in [-0.15, -0.1) is 0 Å². The SMILES string of the molecule is CNc1ccc(C(=O)Nc2ccc(Br)c(C)n2)c(NC2CC3(CC(NC(=O)OC(C)(C)C)C3)C2)n1.